The number of halogens is 1. The standard InChI is InChI=1S/C23H22ClN3O7/c1-33-19-5-3-14(24)9-15(19)13-2-4-17-16(8-13)23(32)27-7-6-26(10-18(27)22(31)25-17)20(28)11-34-12-21(29)30/h2-5,8-9,18H,6-7,10-12H2,1H3,(H,25,31)(H,29,30). The highest BCUT2D eigenvalue weighted by atomic mass is 35.5. The van der Waals surface area contributed by atoms with Crippen LogP contribution >= 0.6 is 11.6 Å². The second kappa shape index (κ2) is 9.70. The summed E-state index contributed by atoms with van der Waals surface area (Å²) in [5.41, 5.74) is 2.09. The van der Waals surface area contributed by atoms with Gasteiger partial charge in [-0.25, -0.2) is 4.79 Å². The van der Waals surface area contributed by atoms with Crippen molar-refractivity contribution in [2.24, 2.45) is 0 Å². The monoisotopic (exact) mass is 487 g/mol. The molecule has 0 aliphatic carbocycles. The number of nitrogens with zero attached hydrogens (tertiary/aromatic N) is 2. The Morgan fingerprint density at radius 2 is 1.91 bits per heavy atom. The SMILES string of the molecule is COc1ccc(Cl)cc1-c1ccc2c(c1)C(=O)N1CCN(C(=O)COCC(=O)O)CC1C(=O)N2. The van der Waals surface area contributed by atoms with E-state index in [1.165, 1.54) is 9.80 Å². The molecule has 1 atom stereocenters. The molecule has 0 aromatic heterocycles. The van der Waals surface area contributed by atoms with Gasteiger partial charge in [-0.05, 0) is 35.9 Å². The Morgan fingerprint density at radius 1 is 1.12 bits per heavy atom. The van der Waals surface area contributed by atoms with E-state index in [-0.39, 0.29) is 25.5 Å². The van der Waals surface area contributed by atoms with E-state index in [4.69, 9.17) is 26.2 Å². The Bertz CT molecular complexity index is 1170. The number of piperazine rings is 1. The Balaban J connectivity index is 1.58. The molecular formula is C23H22ClN3O7. The van der Waals surface area contributed by atoms with Crippen LogP contribution in [0.5, 0.6) is 5.75 Å². The number of carbonyl (C=O) groups is 4. The van der Waals surface area contributed by atoms with Crippen LogP contribution in [-0.2, 0) is 19.1 Å². The largest absolute Gasteiger partial charge is 0.496 e. The van der Waals surface area contributed by atoms with Gasteiger partial charge in [0.2, 0.25) is 11.8 Å². The lowest BCUT2D eigenvalue weighted by Crippen LogP contribution is -2.60. The van der Waals surface area contributed by atoms with Gasteiger partial charge in [-0.2, -0.15) is 0 Å². The fourth-order valence-electron chi connectivity index (χ4n) is 4.07. The van der Waals surface area contributed by atoms with Crippen LogP contribution in [-0.4, -0.2) is 84.6 Å². The highest BCUT2D eigenvalue weighted by molar-refractivity contribution is 6.31. The second-order valence-corrected chi connectivity index (χ2v) is 8.27. The zero-order chi connectivity index (χ0) is 24.4. The van der Waals surface area contributed by atoms with Gasteiger partial charge >= 0.3 is 5.97 Å². The summed E-state index contributed by atoms with van der Waals surface area (Å²) in [7, 11) is 1.54. The molecule has 0 saturated carbocycles. The third kappa shape index (κ3) is 4.68. The average molecular weight is 488 g/mol. The lowest BCUT2D eigenvalue weighted by atomic mass is 10.00. The summed E-state index contributed by atoms with van der Waals surface area (Å²) in [5, 5.41) is 11.9. The van der Waals surface area contributed by atoms with Crippen LogP contribution in [0.4, 0.5) is 5.69 Å². The van der Waals surface area contributed by atoms with Gasteiger partial charge in [0.15, 0.2) is 0 Å². The van der Waals surface area contributed by atoms with Crippen molar-refractivity contribution in [2.75, 3.05) is 45.3 Å². The van der Waals surface area contributed by atoms with E-state index in [0.717, 1.165) is 0 Å². The third-order valence-electron chi connectivity index (χ3n) is 5.73. The number of rotatable bonds is 6. The van der Waals surface area contributed by atoms with E-state index in [1.54, 1.807) is 43.5 Å². The molecule has 1 saturated heterocycles. The number of benzene rings is 2. The van der Waals surface area contributed by atoms with Gasteiger partial charge in [0, 0.05) is 23.7 Å². The molecule has 2 aromatic rings. The molecule has 2 aliphatic heterocycles. The van der Waals surface area contributed by atoms with Crippen LogP contribution in [0, 0.1) is 0 Å². The highest BCUT2D eigenvalue weighted by Crippen LogP contribution is 2.36. The van der Waals surface area contributed by atoms with Gasteiger partial charge in [-0.1, -0.05) is 17.7 Å². The number of hydrogen-bond acceptors (Lipinski definition) is 6. The molecular weight excluding hydrogens is 466 g/mol. The molecule has 11 heteroatoms. The van der Waals surface area contributed by atoms with E-state index >= 15 is 0 Å². The van der Waals surface area contributed by atoms with Crippen molar-refractivity contribution in [3.63, 3.8) is 0 Å². The first-order valence-corrected chi connectivity index (χ1v) is 10.8. The number of carboxylic acids is 1. The summed E-state index contributed by atoms with van der Waals surface area (Å²) >= 11 is 6.16. The number of methoxy groups -OCH3 is 1. The predicted octanol–water partition coefficient (Wildman–Crippen LogP) is 1.72. The normalized spacial score (nSPS) is 17.4. The minimum absolute atomic E-state index is 0.0181. The molecule has 2 aromatic carbocycles. The number of fused-ring (bicyclic) bond motifs is 2. The number of anilines is 1. The highest BCUT2D eigenvalue weighted by Gasteiger charge is 2.40. The number of ether oxygens (including phenoxy) is 2. The number of amides is 3. The first kappa shape index (κ1) is 23.5. The van der Waals surface area contributed by atoms with E-state index in [2.05, 4.69) is 5.32 Å². The fourth-order valence-corrected chi connectivity index (χ4v) is 4.24. The minimum atomic E-state index is -1.18. The van der Waals surface area contributed by atoms with Crippen molar-refractivity contribution in [3.05, 3.63) is 47.0 Å². The number of aliphatic carboxylic acids is 1. The predicted molar refractivity (Wildman–Crippen MR) is 122 cm³/mol. The van der Waals surface area contributed by atoms with Gasteiger partial charge in [0.1, 0.15) is 25.0 Å². The maximum Gasteiger partial charge on any atom is 0.329 e. The van der Waals surface area contributed by atoms with Crippen LogP contribution in [0.3, 0.4) is 0 Å². The fraction of sp³-hybridized carbons (Fsp3) is 0.304. The smallest absolute Gasteiger partial charge is 0.329 e. The van der Waals surface area contributed by atoms with Gasteiger partial charge in [0.05, 0.1) is 24.9 Å². The number of hydrogen-bond donors (Lipinski definition) is 2. The molecule has 34 heavy (non-hydrogen) atoms. The van der Waals surface area contributed by atoms with Crippen molar-refractivity contribution in [2.45, 2.75) is 6.04 Å². The van der Waals surface area contributed by atoms with Crippen LogP contribution < -0.4 is 10.1 Å². The molecule has 4 rings (SSSR count). The molecule has 1 fully saturated rings. The quantitative estimate of drug-likeness (QED) is 0.635. The molecule has 1 unspecified atom stereocenters. The number of carboxylic acid groups (broad SMARTS) is 1. The molecule has 0 bridgehead atoms. The van der Waals surface area contributed by atoms with Crippen LogP contribution in [0.2, 0.25) is 5.02 Å². The molecule has 0 radical (unpaired) electrons. The van der Waals surface area contributed by atoms with Crippen LogP contribution in [0.25, 0.3) is 11.1 Å². The summed E-state index contributed by atoms with van der Waals surface area (Å²) in [6.45, 7) is -0.688. The van der Waals surface area contributed by atoms with Gasteiger partial charge in [0.25, 0.3) is 5.91 Å². The Kier molecular flexibility index (Phi) is 6.71. The van der Waals surface area contributed by atoms with Crippen molar-refractivity contribution in [3.8, 4) is 16.9 Å². The van der Waals surface area contributed by atoms with Gasteiger partial charge in [-0.15, -0.1) is 0 Å². The lowest BCUT2D eigenvalue weighted by Gasteiger charge is -2.39. The zero-order valence-corrected chi connectivity index (χ0v) is 19.0. The maximum atomic E-state index is 13.4. The molecule has 10 nitrogen and oxygen atoms in total. The molecule has 2 aliphatic rings. The Morgan fingerprint density at radius 3 is 2.65 bits per heavy atom. The molecule has 2 N–H and O–H groups in total. The van der Waals surface area contributed by atoms with Crippen molar-refractivity contribution < 1.29 is 33.8 Å². The summed E-state index contributed by atoms with van der Waals surface area (Å²) in [6.07, 6.45) is 0. The Labute approximate surface area is 200 Å². The van der Waals surface area contributed by atoms with E-state index < -0.39 is 37.0 Å². The lowest BCUT2D eigenvalue weighted by molar-refractivity contribution is -0.147. The van der Waals surface area contributed by atoms with Crippen molar-refractivity contribution in [1.82, 2.24) is 9.80 Å². The van der Waals surface area contributed by atoms with Crippen LogP contribution in [0.15, 0.2) is 36.4 Å². The van der Waals surface area contributed by atoms with Gasteiger partial charge < -0.3 is 29.7 Å². The van der Waals surface area contributed by atoms with Crippen molar-refractivity contribution in [1.29, 1.82) is 0 Å². The topological polar surface area (TPSA) is 125 Å². The molecule has 178 valence electrons. The van der Waals surface area contributed by atoms with Crippen molar-refractivity contribution >= 4 is 41.0 Å². The molecule has 2 heterocycles. The van der Waals surface area contributed by atoms with E-state index in [1.807, 2.05) is 0 Å². The summed E-state index contributed by atoms with van der Waals surface area (Å²) < 4.78 is 10.3. The number of nitrogens with one attached hydrogen (secondary N) is 1. The summed E-state index contributed by atoms with van der Waals surface area (Å²) in [4.78, 5) is 52.2. The molecule has 0 spiro atoms. The first-order valence-electron chi connectivity index (χ1n) is 10.5. The second-order valence-electron chi connectivity index (χ2n) is 7.83. The van der Waals surface area contributed by atoms with E-state index in [0.29, 0.717) is 33.1 Å². The average Bonchev–Trinajstić information content (AvgIpc) is 2.92. The molecule has 3 amide bonds. The summed E-state index contributed by atoms with van der Waals surface area (Å²) in [5.74, 6) is -1.79. The van der Waals surface area contributed by atoms with Gasteiger partial charge in [-0.3, -0.25) is 14.4 Å². The third-order valence-corrected chi connectivity index (χ3v) is 5.96. The van der Waals surface area contributed by atoms with Crippen LogP contribution in [0.1, 0.15) is 10.4 Å². The summed E-state index contributed by atoms with van der Waals surface area (Å²) in [6, 6.07) is 9.40. The number of carbonyl (C=O) groups excluding carboxylic acids is 3. The zero-order valence-electron chi connectivity index (χ0n) is 18.2. The van der Waals surface area contributed by atoms with E-state index in [9.17, 15) is 19.2 Å². The first-order chi connectivity index (χ1) is 16.3. The minimum Gasteiger partial charge on any atom is -0.496 e. The Hall–Kier alpha value is -3.63. The maximum absolute atomic E-state index is 13.4.